The van der Waals surface area contributed by atoms with E-state index in [1.54, 1.807) is 6.20 Å². The topological polar surface area (TPSA) is 54.5 Å². The minimum Gasteiger partial charge on any atom is -0.474 e. The first-order chi connectivity index (χ1) is 10.0. The molecule has 116 valence electrons. The van der Waals surface area contributed by atoms with E-state index in [0.717, 1.165) is 31.6 Å². The molecule has 0 spiro atoms. The van der Waals surface area contributed by atoms with Crippen LogP contribution in [-0.2, 0) is 4.79 Å². The van der Waals surface area contributed by atoms with E-state index in [1.807, 2.05) is 26.0 Å². The van der Waals surface area contributed by atoms with E-state index in [0.29, 0.717) is 18.2 Å². The summed E-state index contributed by atoms with van der Waals surface area (Å²) in [6.45, 7) is 6.18. The number of likely N-dealkylation sites (tertiary alicyclic amines) is 1. The maximum Gasteiger partial charge on any atom is 0.224 e. The SMILES string of the molecule is CC(C)CC(=O)Nc1ccc(OC2CCN(C)CC2)nc1. The van der Waals surface area contributed by atoms with Crippen molar-refractivity contribution in [1.29, 1.82) is 0 Å². The van der Waals surface area contributed by atoms with Gasteiger partial charge < -0.3 is 15.0 Å². The van der Waals surface area contributed by atoms with Gasteiger partial charge in [-0.25, -0.2) is 4.98 Å². The highest BCUT2D eigenvalue weighted by Crippen LogP contribution is 2.18. The van der Waals surface area contributed by atoms with E-state index in [9.17, 15) is 4.79 Å². The summed E-state index contributed by atoms with van der Waals surface area (Å²) in [5, 5.41) is 2.85. The van der Waals surface area contributed by atoms with Crippen LogP contribution in [0.1, 0.15) is 33.1 Å². The Kier molecular flexibility index (Phi) is 5.56. The monoisotopic (exact) mass is 291 g/mol. The molecule has 21 heavy (non-hydrogen) atoms. The van der Waals surface area contributed by atoms with Crippen LogP contribution in [0.4, 0.5) is 5.69 Å². The van der Waals surface area contributed by atoms with Crippen LogP contribution in [0.5, 0.6) is 5.88 Å². The molecule has 1 amide bonds. The van der Waals surface area contributed by atoms with Crippen LogP contribution in [0, 0.1) is 5.92 Å². The van der Waals surface area contributed by atoms with Gasteiger partial charge in [-0.15, -0.1) is 0 Å². The summed E-state index contributed by atoms with van der Waals surface area (Å²) in [6.07, 6.45) is 4.49. The van der Waals surface area contributed by atoms with E-state index in [1.165, 1.54) is 0 Å². The lowest BCUT2D eigenvalue weighted by molar-refractivity contribution is -0.116. The van der Waals surface area contributed by atoms with Crippen LogP contribution in [0.2, 0.25) is 0 Å². The molecule has 1 saturated heterocycles. The van der Waals surface area contributed by atoms with Crippen LogP contribution in [-0.4, -0.2) is 42.0 Å². The number of pyridine rings is 1. The molecular formula is C16H25N3O2. The average molecular weight is 291 g/mol. The maximum atomic E-state index is 11.7. The normalized spacial score (nSPS) is 17.0. The molecule has 1 aromatic heterocycles. The number of nitrogens with zero attached hydrogens (tertiary/aromatic N) is 2. The predicted molar refractivity (Wildman–Crippen MR) is 83.5 cm³/mol. The van der Waals surface area contributed by atoms with Gasteiger partial charge in [0.25, 0.3) is 0 Å². The van der Waals surface area contributed by atoms with Crippen molar-refractivity contribution < 1.29 is 9.53 Å². The number of piperidine rings is 1. The third kappa shape index (κ3) is 5.34. The fourth-order valence-corrected chi connectivity index (χ4v) is 2.38. The van der Waals surface area contributed by atoms with Crippen molar-refractivity contribution in [2.45, 2.75) is 39.2 Å². The van der Waals surface area contributed by atoms with Crippen molar-refractivity contribution in [2.75, 3.05) is 25.5 Å². The molecule has 2 rings (SSSR count). The summed E-state index contributed by atoms with van der Waals surface area (Å²) in [7, 11) is 2.13. The van der Waals surface area contributed by atoms with Gasteiger partial charge in [-0.3, -0.25) is 4.79 Å². The number of ether oxygens (including phenoxy) is 1. The molecule has 0 atom stereocenters. The van der Waals surface area contributed by atoms with Gasteiger partial charge in [-0.05, 0) is 31.9 Å². The second kappa shape index (κ2) is 7.41. The lowest BCUT2D eigenvalue weighted by Gasteiger charge is -2.28. The number of carbonyl (C=O) groups is 1. The van der Waals surface area contributed by atoms with Crippen molar-refractivity contribution in [3.63, 3.8) is 0 Å². The molecule has 0 aromatic carbocycles. The number of amides is 1. The van der Waals surface area contributed by atoms with E-state index < -0.39 is 0 Å². The standard InChI is InChI=1S/C16H25N3O2/c1-12(2)10-15(20)18-13-4-5-16(17-11-13)21-14-6-8-19(3)9-7-14/h4-5,11-12,14H,6-10H2,1-3H3,(H,18,20). The Morgan fingerprint density at radius 3 is 2.71 bits per heavy atom. The zero-order valence-corrected chi connectivity index (χ0v) is 13.1. The van der Waals surface area contributed by atoms with Crippen molar-refractivity contribution in [3.8, 4) is 5.88 Å². The summed E-state index contributed by atoms with van der Waals surface area (Å²) in [5.41, 5.74) is 0.719. The summed E-state index contributed by atoms with van der Waals surface area (Å²) in [4.78, 5) is 18.3. The highest BCUT2D eigenvalue weighted by Gasteiger charge is 2.18. The maximum absolute atomic E-state index is 11.7. The lowest BCUT2D eigenvalue weighted by atomic mass is 10.1. The molecule has 1 N–H and O–H groups in total. The number of carbonyl (C=O) groups excluding carboxylic acids is 1. The Labute approximate surface area is 126 Å². The van der Waals surface area contributed by atoms with E-state index in [-0.39, 0.29) is 12.0 Å². The van der Waals surface area contributed by atoms with Gasteiger partial charge in [0.2, 0.25) is 11.8 Å². The van der Waals surface area contributed by atoms with Gasteiger partial charge in [0.15, 0.2) is 0 Å². The minimum absolute atomic E-state index is 0.0239. The van der Waals surface area contributed by atoms with Gasteiger partial charge in [0.1, 0.15) is 6.10 Å². The van der Waals surface area contributed by atoms with Gasteiger partial charge in [-0.2, -0.15) is 0 Å². The van der Waals surface area contributed by atoms with Gasteiger partial charge in [0, 0.05) is 25.6 Å². The predicted octanol–water partition coefficient (Wildman–Crippen LogP) is 2.54. The Morgan fingerprint density at radius 2 is 2.14 bits per heavy atom. The van der Waals surface area contributed by atoms with E-state index in [4.69, 9.17) is 4.74 Å². The second-order valence-electron chi connectivity index (χ2n) is 6.15. The minimum atomic E-state index is 0.0239. The Balaban J connectivity index is 1.83. The summed E-state index contributed by atoms with van der Waals surface area (Å²) in [6, 6.07) is 3.67. The largest absolute Gasteiger partial charge is 0.474 e. The number of hydrogen-bond acceptors (Lipinski definition) is 4. The molecule has 1 fully saturated rings. The summed E-state index contributed by atoms with van der Waals surface area (Å²) in [5.74, 6) is 1.01. The quantitative estimate of drug-likeness (QED) is 0.906. The number of rotatable bonds is 5. The van der Waals surface area contributed by atoms with Crippen molar-refractivity contribution >= 4 is 11.6 Å². The zero-order valence-electron chi connectivity index (χ0n) is 13.1. The van der Waals surface area contributed by atoms with E-state index >= 15 is 0 Å². The number of anilines is 1. The smallest absolute Gasteiger partial charge is 0.224 e. The lowest BCUT2D eigenvalue weighted by Crippen LogP contribution is -2.35. The van der Waals surface area contributed by atoms with E-state index in [2.05, 4.69) is 22.2 Å². The third-order valence-electron chi connectivity index (χ3n) is 3.57. The number of nitrogens with one attached hydrogen (secondary N) is 1. The Bertz CT molecular complexity index is 451. The molecular weight excluding hydrogens is 266 g/mol. The second-order valence-corrected chi connectivity index (χ2v) is 6.15. The Morgan fingerprint density at radius 1 is 1.43 bits per heavy atom. The van der Waals surface area contributed by atoms with Crippen molar-refractivity contribution in [3.05, 3.63) is 18.3 Å². The molecule has 0 radical (unpaired) electrons. The Hall–Kier alpha value is -1.62. The first-order valence-corrected chi connectivity index (χ1v) is 7.64. The van der Waals surface area contributed by atoms with Crippen molar-refractivity contribution in [1.82, 2.24) is 9.88 Å². The average Bonchev–Trinajstić information content (AvgIpc) is 2.42. The van der Waals surface area contributed by atoms with Crippen LogP contribution in [0.25, 0.3) is 0 Å². The summed E-state index contributed by atoms with van der Waals surface area (Å²) >= 11 is 0. The first kappa shape index (κ1) is 15.8. The third-order valence-corrected chi connectivity index (χ3v) is 3.57. The number of hydrogen-bond donors (Lipinski definition) is 1. The van der Waals surface area contributed by atoms with Crippen LogP contribution >= 0.6 is 0 Å². The fraction of sp³-hybridized carbons (Fsp3) is 0.625. The summed E-state index contributed by atoms with van der Waals surface area (Å²) < 4.78 is 5.88. The molecule has 1 aliphatic rings. The molecule has 5 heteroatoms. The van der Waals surface area contributed by atoms with Crippen LogP contribution in [0.15, 0.2) is 18.3 Å². The van der Waals surface area contributed by atoms with Crippen molar-refractivity contribution in [2.24, 2.45) is 5.92 Å². The molecule has 2 heterocycles. The van der Waals surface area contributed by atoms with Crippen LogP contribution < -0.4 is 10.1 Å². The molecule has 1 aromatic rings. The highest BCUT2D eigenvalue weighted by molar-refractivity contribution is 5.90. The molecule has 1 aliphatic heterocycles. The molecule has 0 aliphatic carbocycles. The molecule has 0 unspecified atom stereocenters. The highest BCUT2D eigenvalue weighted by atomic mass is 16.5. The number of aromatic nitrogens is 1. The van der Waals surface area contributed by atoms with Crippen LogP contribution in [0.3, 0.4) is 0 Å². The first-order valence-electron chi connectivity index (χ1n) is 7.64. The molecule has 0 bridgehead atoms. The molecule has 5 nitrogen and oxygen atoms in total. The molecule has 0 saturated carbocycles. The zero-order chi connectivity index (χ0) is 15.2. The van der Waals surface area contributed by atoms with Gasteiger partial charge in [-0.1, -0.05) is 13.8 Å². The van der Waals surface area contributed by atoms with Gasteiger partial charge >= 0.3 is 0 Å². The van der Waals surface area contributed by atoms with Gasteiger partial charge in [0.05, 0.1) is 11.9 Å². The fourth-order valence-electron chi connectivity index (χ4n) is 2.38.